The van der Waals surface area contributed by atoms with E-state index in [-0.39, 0.29) is 11.6 Å². The summed E-state index contributed by atoms with van der Waals surface area (Å²) >= 11 is 11.9. The Balaban J connectivity index is 1.69. The zero-order valence-electron chi connectivity index (χ0n) is 15.6. The SMILES string of the molecule is CCOc1cc(CNc2ccc(F)c(Cl)c2)ccc1OCc1ccc(F)cc1Cl. The van der Waals surface area contributed by atoms with Crippen LogP contribution >= 0.6 is 23.2 Å². The van der Waals surface area contributed by atoms with Gasteiger partial charge in [-0.3, -0.25) is 0 Å². The number of benzene rings is 3. The summed E-state index contributed by atoms with van der Waals surface area (Å²) in [5.41, 5.74) is 2.33. The van der Waals surface area contributed by atoms with E-state index in [0.29, 0.717) is 40.9 Å². The predicted octanol–water partition coefficient (Wildman–Crippen LogP) is 6.86. The summed E-state index contributed by atoms with van der Waals surface area (Å²) in [6.45, 7) is 3.03. The van der Waals surface area contributed by atoms with Gasteiger partial charge >= 0.3 is 0 Å². The summed E-state index contributed by atoms with van der Waals surface area (Å²) in [5.74, 6) is 0.287. The van der Waals surface area contributed by atoms with Crippen LogP contribution in [-0.2, 0) is 13.2 Å². The molecule has 3 aromatic rings. The second kappa shape index (κ2) is 9.81. The molecule has 0 saturated carbocycles. The van der Waals surface area contributed by atoms with Crippen molar-refractivity contribution in [2.45, 2.75) is 20.1 Å². The van der Waals surface area contributed by atoms with E-state index in [4.69, 9.17) is 32.7 Å². The first kappa shape index (κ1) is 21.2. The Morgan fingerprint density at radius 1 is 0.862 bits per heavy atom. The molecule has 3 aromatic carbocycles. The number of ether oxygens (including phenoxy) is 2. The fraction of sp³-hybridized carbons (Fsp3) is 0.182. The van der Waals surface area contributed by atoms with Gasteiger partial charge in [0, 0.05) is 17.8 Å². The average Bonchev–Trinajstić information content (AvgIpc) is 2.69. The molecule has 29 heavy (non-hydrogen) atoms. The van der Waals surface area contributed by atoms with E-state index in [1.54, 1.807) is 18.2 Å². The first-order chi connectivity index (χ1) is 14.0. The number of halogens is 4. The van der Waals surface area contributed by atoms with Gasteiger partial charge in [-0.15, -0.1) is 0 Å². The van der Waals surface area contributed by atoms with Gasteiger partial charge in [-0.05, 0) is 55.0 Å². The van der Waals surface area contributed by atoms with Gasteiger partial charge in [0.05, 0.1) is 16.7 Å². The number of nitrogens with one attached hydrogen (secondary N) is 1. The molecule has 0 aliphatic heterocycles. The lowest BCUT2D eigenvalue weighted by Crippen LogP contribution is -2.03. The topological polar surface area (TPSA) is 30.5 Å². The number of anilines is 1. The van der Waals surface area contributed by atoms with Crippen molar-refractivity contribution in [3.05, 3.63) is 87.4 Å². The van der Waals surface area contributed by atoms with E-state index in [9.17, 15) is 8.78 Å². The van der Waals surface area contributed by atoms with Crippen molar-refractivity contribution in [3.63, 3.8) is 0 Å². The lowest BCUT2D eigenvalue weighted by Gasteiger charge is -2.15. The third-order valence-corrected chi connectivity index (χ3v) is 4.76. The third-order valence-electron chi connectivity index (χ3n) is 4.12. The van der Waals surface area contributed by atoms with Crippen molar-refractivity contribution in [1.82, 2.24) is 0 Å². The van der Waals surface area contributed by atoms with Crippen LogP contribution in [0.25, 0.3) is 0 Å². The molecule has 0 aliphatic carbocycles. The lowest BCUT2D eigenvalue weighted by molar-refractivity contribution is 0.269. The van der Waals surface area contributed by atoms with Gasteiger partial charge in [-0.25, -0.2) is 8.78 Å². The highest BCUT2D eigenvalue weighted by atomic mass is 35.5. The molecule has 3 nitrogen and oxygen atoms in total. The highest BCUT2D eigenvalue weighted by molar-refractivity contribution is 6.31. The normalized spacial score (nSPS) is 10.7. The maximum atomic E-state index is 13.3. The maximum absolute atomic E-state index is 13.3. The monoisotopic (exact) mass is 437 g/mol. The summed E-state index contributed by atoms with van der Waals surface area (Å²) < 4.78 is 38.0. The van der Waals surface area contributed by atoms with E-state index in [1.165, 1.54) is 24.3 Å². The van der Waals surface area contributed by atoms with Gasteiger partial charge in [0.25, 0.3) is 0 Å². The average molecular weight is 438 g/mol. The van der Waals surface area contributed by atoms with Crippen LogP contribution in [0.15, 0.2) is 54.6 Å². The van der Waals surface area contributed by atoms with Gasteiger partial charge in [0.15, 0.2) is 11.5 Å². The predicted molar refractivity (Wildman–Crippen MR) is 112 cm³/mol. The molecule has 0 aromatic heterocycles. The molecule has 0 radical (unpaired) electrons. The molecule has 0 heterocycles. The van der Waals surface area contributed by atoms with Crippen molar-refractivity contribution in [2.24, 2.45) is 0 Å². The van der Waals surface area contributed by atoms with Crippen LogP contribution in [-0.4, -0.2) is 6.61 Å². The van der Waals surface area contributed by atoms with Crippen LogP contribution in [0.2, 0.25) is 10.0 Å². The standard InChI is InChI=1S/C22H19Cl2F2NO2/c1-2-28-22-9-14(12-27-17-6-7-20(26)19(24)11-17)3-8-21(22)29-13-15-4-5-16(25)10-18(15)23/h3-11,27H,2,12-13H2,1H3. The van der Waals surface area contributed by atoms with Crippen molar-refractivity contribution < 1.29 is 18.3 Å². The van der Waals surface area contributed by atoms with Crippen LogP contribution in [0, 0.1) is 11.6 Å². The molecule has 0 fully saturated rings. The first-order valence-electron chi connectivity index (χ1n) is 8.97. The Hall–Kier alpha value is -2.50. The third kappa shape index (κ3) is 5.75. The highest BCUT2D eigenvalue weighted by Gasteiger charge is 2.09. The first-order valence-corrected chi connectivity index (χ1v) is 9.73. The number of hydrogen-bond donors (Lipinski definition) is 1. The fourth-order valence-corrected chi connectivity index (χ4v) is 3.06. The van der Waals surface area contributed by atoms with Gasteiger partial charge < -0.3 is 14.8 Å². The molecular weight excluding hydrogens is 419 g/mol. The molecule has 3 rings (SSSR count). The van der Waals surface area contributed by atoms with Crippen LogP contribution < -0.4 is 14.8 Å². The van der Waals surface area contributed by atoms with Gasteiger partial charge in [-0.1, -0.05) is 35.3 Å². The Morgan fingerprint density at radius 2 is 1.69 bits per heavy atom. The van der Waals surface area contributed by atoms with Crippen molar-refractivity contribution in [2.75, 3.05) is 11.9 Å². The lowest BCUT2D eigenvalue weighted by atomic mass is 10.2. The molecule has 0 bridgehead atoms. The zero-order chi connectivity index (χ0) is 20.8. The van der Waals surface area contributed by atoms with E-state index < -0.39 is 11.6 Å². The van der Waals surface area contributed by atoms with Crippen LogP contribution in [0.3, 0.4) is 0 Å². The minimum Gasteiger partial charge on any atom is -0.490 e. The van der Waals surface area contributed by atoms with E-state index >= 15 is 0 Å². The van der Waals surface area contributed by atoms with Crippen molar-refractivity contribution in [1.29, 1.82) is 0 Å². The number of hydrogen-bond acceptors (Lipinski definition) is 3. The molecule has 0 atom stereocenters. The van der Waals surface area contributed by atoms with Crippen LogP contribution in [0.4, 0.5) is 14.5 Å². The minimum atomic E-state index is -0.460. The summed E-state index contributed by atoms with van der Waals surface area (Å²) in [7, 11) is 0. The molecule has 0 aliphatic rings. The Morgan fingerprint density at radius 3 is 2.41 bits per heavy atom. The van der Waals surface area contributed by atoms with Crippen molar-refractivity contribution in [3.8, 4) is 11.5 Å². The number of rotatable bonds is 8. The van der Waals surface area contributed by atoms with E-state index in [1.807, 2.05) is 19.1 Å². The zero-order valence-corrected chi connectivity index (χ0v) is 17.2. The second-order valence-corrected chi connectivity index (χ2v) is 7.04. The molecule has 152 valence electrons. The molecular formula is C22H19Cl2F2NO2. The van der Waals surface area contributed by atoms with Gasteiger partial charge in [0.1, 0.15) is 18.2 Å². The molecule has 0 saturated heterocycles. The quantitative estimate of drug-likeness (QED) is 0.417. The Kier molecular flexibility index (Phi) is 7.18. The van der Waals surface area contributed by atoms with Crippen LogP contribution in [0.1, 0.15) is 18.1 Å². The summed E-state index contributed by atoms with van der Waals surface area (Å²) in [5, 5.41) is 3.56. The van der Waals surface area contributed by atoms with Crippen molar-refractivity contribution >= 4 is 28.9 Å². The highest BCUT2D eigenvalue weighted by Crippen LogP contribution is 2.30. The second-order valence-electron chi connectivity index (χ2n) is 6.22. The molecule has 0 spiro atoms. The summed E-state index contributed by atoms with van der Waals surface area (Å²) in [6, 6.07) is 14.2. The molecule has 7 heteroatoms. The fourth-order valence-electron chi connectivity index (χ4n) is 2.65. The summed E-state index contributed by atoms with van der Waals surface area (Å²) in [6.07, 6.45) is 0. The smallest absolute Gasteiger partial charge is 0.161 e. The van der Waals surface area contributed by atoms with Gasteiger partial charge in [0.2, 0.25) is 0 Å². The summed E-state index contributed by atoms with van der Waals surface area (Å²) in [4.78, 5) is 0. The van der Waals surface area contributed by atoms with E-state index in [2.05, 4.69) is 5.32 Å². The van der Waals surface area contributed by atoms with Crippen LogP contribution in [0.5, 0.6) is 11.5 Å². The Labute approximate surface area is 178 Å². The molecule has 0 unspecified atom stereocenters. The van der Waals surface area contributed by atoms with Gasteiger partial charge in [-0.2, -0.15) is 0 Å². The molecule has 0 amide bonds. The largest absolute Gasteiger partial charge is 0.490 e. The maximum Gasteiger partial charge on any atom is 0.161 e. The minimum absolute atomic E-state index is 0.0632. The van der Waals surface area contributed by atoms with E-state index in [0.717, 1.165) is 5.56 Å². The molecule has 1 N–H and O–H groups in total. The Bertz CT molecular complexity index is 999.